The van der Waals surface area contributed by atoms with E-state index in [0.29, 0.717) is 18.5 Å². The topological polar surface area (TPSA) is 91.9 Å². The highest BCUT2D eigenvalue weighted by Crippen LogP contribution is 2.23. The van der Waals surface area contributed by atoms with E-state index in [1.54, 1.807) is 0 Å². The van der Waals surface area contributed by atoms with Crippen LogP contribution in [0, 0.1) is 5.92 Å². The number of nitrogens with one attached hydrogen (secondary N) is 2. The molecule has 0 aliphatic carbocycles. The Morgan fingerprint density at radius 3 is 2.45 bits per heavy atom. The number of aryl methyl sites for hydroxylation is 1. The Labute approximate surface area is 123 Å². The Balaban J connectivity index is 3.16. The molecule has 6 nitrogen and oxygen atoms in total. The molecular weight excluding hydrogens is 302 g/mol. The Bertz CT molecular complexity index is 581. The first-order chi connectivity index (χ1) is 9.18. The molecule has 1 aromatic heterocycles. The van der Waals surface area contributed by atoms with Gasteiger partial charge in [0.2, 0.25) is 0 Å². The van der Waals surface area contributed by atoms with E-state index in [9.17, 15) is 13.2 Å². The molecule has 114 valence electrons. The zero-order valence-electron chi connectivity index (χ0n) is 12.0. The predicted molar refractivity (Wildman–Crippen MR) is 77.4 cm³/mol. The molecule has 1 unspecified atom stereocenters. The van der Waals surface area contributed by atoms with Gasteiger partial charge >= 0.3 is 0 Å². The fraction of sp³-hybridized carbons (Fsp3) is 0.667. The summed E-state index contributed by atoms with van der Waals surface area (Å²) in [6.07, 6.45) is 1.17. The Kier molecular flexibility index (Phi) is 5.59. The van der Waals surface area contributed by atoms with Gasteiger partial charge in [-0.15, -0.1) is 0 Å². The molecule has 20 heavy (non-hydrogen) atoms. The van der Waals surface area contributed by atoms with Crippen molar-refractivity contribution < 1.29 is 13.2 Å². The molecule has 8 heteroatoms. The molecule has 0 radical (unpaired) electrons. The van der Waals surface area contributed by atoms with Gasteiger partial charge < -0.3 is 5.32 Å². The summed E-state index contributed by atoms with van der Waals surface area (Å²) < 4.78 is 23.3. The van der Waals surface area contributed by atoms with Gasteiger partial charge in [-0.1, -0.05) is 27.2 Å². The van der Waals surface area contributed by atoms with Crippen LogP contribution in [0.5, 0.6) is 0 Å². The zero-order valence-corrected chi connectivity index (χ0v) is 13.6. The highest BCUT2D eigenvalue weighted by molar-refractivity contribution is 8.13. The van der Waals surface area contributed by atoms with E-state index in [-0.39, 0.29) is 22.5 Å². The van der Waals surface area contributed by atoms with Gasteiger partial charge in [0.15, 0.2) is 5.69 Å². The first-order valence-electron chi connectivity index (χ1n) is 6.51. The van der Waals surface area contributed by atoms with E-state index >= 15 is 0 Å². The minimum Gasteiger partial charge on any atom is -0.348 e. The van der Waals surface area contributed by atoms with Gasteiger partial charge in [0.05, 0.1) is 5.69 Å². The van der Waals surface area contributed by atoms with Gasteiger partial charge in [-0.25, -0.2) is 8.42 Å². The van der Waals surface area contributed by atoms with E-state index in [1.165, 1.54) is 0 Å². The van der Waals surface area contributed by atoms with Gasteiger partial charge in [0.25, 0.3) is 15.0 Å². The van der Waals surface area contributed by atoms with Crippen LogP contribution in [0.25, 0.3) is 0 Å². The maximum atomic E-state index is 12.1. The summed E-state index contributed by atoms with van der Waals surface area (Å²) in [6.45, 7) is 7.65. The van der Waals surface area contributed by atoms with Crippen LogP contribution in [0.3, 0.4) is 0 Å². The summed E-state index contributed by atoms with van der Waals surface area (Å²) >= 11 is 0. The average molecular weight is 322 g/mol. The van der Waals surface area contributed by atoms with E-state index in [2.05, 4.69) is 15.5 Å². The van der Waals surface area contributed by atoms with Gasteiger partial charge in [-0.2, -0.15) is 5.10 Å². The lowest BCUT2D eigenvalue weighted by molar-refractivity contribution is 0.0922. The smallest absolute Gasteiger partial charge is 0.273 e. The maximum Gasteiger partial charge on any atom is 0.273 e. The van der Waals surface area contributed by atoms with Crippen molar-refractivity contribution in [3.05, 3.63) is 11.4 Å². The van der Waals surface area contributed by atoms with Crippen molar-refractivity contribution in [2.24, 2.45) is 5.92 Å². The molecule has 1 rings (SSSR count). The van der Waals surface area contributed by atoms with Crippen LogP contribution >= 0.6 is 10.7 Å². The Morgan fingerprint density at radius 1 is 1.40 bits per heavy atom. The van der Waals surface area contributed by atoms with Gasteiger partial charge in [0, 0.05) is 16.7 Å². The second-order valence-corrected chi connectivity index (χ2v) is 7.58. The molecule has 1 aromatic rings. The molecule has 0 aliphatic heterocycles. The van der Waals surface area contributed by atoms with Crippen LogP contribution in [-0.2, 0) is 15.5 Å². The third kappa shape index (κ3) is 3.96. The normalized spacial score (nSPS) is 13.5. The Morgan fingerprint density at radius 2 is 2.00 bits per heavy atom. The van der Waals surface area contributed by atoms with E-state index in [1.807, 2.05) is 27.7 Å². The van der Waals surface area contributed by atoms with Crippen LogP contribution in [0.1, 0.15) is 50.3 Å². The monoisotopic (exact) mass is 321 g/mol. The molecule has 2 N–H and O–H groups in total. The number of H-pyrrole nitrogens is 1. The highest BCUT2D eigenvalue weighted by atomic mass is 35.7. The number of rotatable bonds is 6. The molecule has 0 spiro atoms. The maximum absolute atomic E-state index is 12.1. The van der Waals surface area contributed by atoms with Crippen LogP contribution in [0.2, 0.25) is 0 Å². The number of nitrogens with zero attached hydrogens (tertiary/aromatic N) is 1. The standard InChI is InChI=1S/C12H20ClN3O3S/c1-5-6-9-11(20(13,18)19)10(16-15-9)12(17)14-8(4)7(2)3/h7-8H,5-6H2,1-4H3,(H,14,17)(H,15,16). The van der Waals surface area contributed by atoms with Gasteiger partial charge in [0.1, 0.15) is 4.90 Å². The minimum atomic E-state index is -4.03. The first kappa shape index (κ1) is 17.0. The molecule has 0 bridgehead atoms. The lowest BCUT2D eigenvalue weighted by Gasteiger charge is -2.16. The summed E-state index contributed by atoms with van der Waals surface area (Å²) in [7, 11) is 1.39. The SMILES string of the molecule is CCCc1[nH]nc(C(=O)NC(C)C(C)C)c1S(=O)(=O)Cl. The lowest BCUT2D eigenvalue weighted by Crippen LogP contribution is -2.36. The van der Waals surface area contributed by atoms with Crippen molar-refractivity contribution in [1.29, 1.82) is 0 Å². The molecule has 0 saturated heterocycles. The average Bonchev–Trinajstić information content (AvgIpc) is 2.72. The number of amides is 1. The third-order valence-electron chi connectivity index (χ3n) is 3.11. The number of hydrogen-bond acceptors (Lipinski definition) is 4. The summed E-state index contributed by atoms with van der Waals surface area (Å²) in [4.78, 5) is 11.9. The van der Waals surface area contributed by atoms with Crippen molar-refractivity contribution in [3.63, 3.8) is 0 Å². The second kappa shape index (κ2) is 6.58. The van der Waals surface area contributed by atoms with Crippen molar-refractivity contribution >= 4 is 25.6 Å². The molecule has 1 heterocycles. The molecule has 1 amide bonds. The fourth-order valence-corrected chi connectivity index (χ4v) is 2.96. The summed E-state index contributed by atoms with van der Waals surface area (Å²) in [5, 5.41) is 9.12. The van der Waals surface area contributed by atoms with E-state index in [0.717, 1.165) is 0 Å². The number of aromatic nitrogens is 2. The number of halogens is 1. The zero-order chi connectivity index (χ0) is 15.5. The first-order valence-corrected chi connectivity index (χ1v) is 8.82. The van der Waals surface area contributed by atoms with Crippen LogP contribution < -0.4 is 5.32 Å². The molecule has 0 fully saturated rings. The van der Waals surface area contributed by atoms with Crippen molar-refractivity contribution in [3.8, 4) is 0 Å². The van der Waals surface area contributed by atoms with Crippen LogP contribution in [0.15, 0.2) is 4.90 Å². The molecule has 1 atom stereocenters. The molecule has 0 saturated carbocycles. The number of carbonyl (C=O) groups is 1. The number of carbonyl (C=O) groups excluding carboxylic acids is 1. The van der Waals surface area contributed by atoms with Crippen molar-refractivity contribution in [2.75, 3.05) is 0 Å². The van der Waals surface area contributed by atoms with Crippen LogP contribution in [-0.4, -0.2) is 30.6 Å². The minimum absolute atomic E-state index is 0.0975. The summed E-state index contributed by atoms with van der Waals surface area (Å²) in [5.41, 5.74) is 0.195. The third-order valence-corrected chi connectivity index (χ3v) is 4.50. The van der Waals surface area contributed by atoms with Crippen molar-refractivity contribution in [2.45, 2.75) is 51.5 Å². The highest BCUT2D eigenvalue weighted by Gasteiger charge is 2.28. The van der Waals surface area contributed by atoms with Crippen LogP contribution in [0.4, 0.5) is 0 Å². The summed E-state index contributed by atoms with van der Waals surface area (Å²) in [6, 6.07) is -0.0975. The molecular formula is C12H20ClN3O3S. The fourth-order valence-electron chi connectivity index (χ4n) is 1.65. The molecule has 0 aliphatic rings. The number of hydrogen-bond donors (Lipinski definition) is 2. The Hall–Kier alpha value is -1.08. The van der Waals surface area contributed by atoms with Crippen molar-refractivity contribution in [1.82, 2.24) is 15.5 Å². The quantitative estimate of drug-likeness (QED) is 0.784. The van der Waals surface area contributed by atoms with Gasteiger partial charge in [-0.3, -0.25) is 9.89 Å². The molecule has 0 aromatic carbocycles. The van der Waals surface area contributed by atoms with Gasteiger partial charge in [-0.05, 0) is 19.3 Å². The number of aromatic amines is 1. The van der Waals surface area contributed by atoms with E-state index in [4.69, 9.17) is 10.7 Å². The largest absolute Gasteiger partial charge is 0.348 e. The summed E-state index contributed by atoms with van der Waals surface area (Å²) in [5.74, 6) is -0.312. The second-order valence-electron chi connectivity index (χ2n) is 5.07. The lowest BCUT2D eigenvalue weighted by atomic mass is 10.1. The predicted octanol–water partition coefficient (Wildman–Crippen LogP) is 2.06. The van der Waals surface area contributed by atoms with E-state index < -0.39 is 15.0 Å².